The highest BCUT2D eigenvalue weighted by Gasteiger charge is 2.17. The Morgan fingerprint density at radius 1 is 1.36 bits per heavy atom. The minimum absolute atomic E-state index is 0.0530. The Balaban J connectivity index is 3.07. The van der Waals surface area contributed by atoms with Crippen molar-refractivity contribution in [1.29, 1.82) is 0 Å². The fourth-order valence-corrected chi connectivity index (χ4v) is 1.12. The summed E-state index contributed by atoms with van der Waals surface area (Å²) in [6, 6.07) is 3.16. The number of carbonyl (C=O) groups is 2. The number of halogens is 2. The molecule has 0 radical (unpaired) electrons. The summed E-state index contributed by atoms with van der Waals surface area (Å²) >= 11 is 5.50. The van der Waals surface area contributed by atoms with Crippen LogP contribution in [-0.4, -0.2) is 18.9 Å². The van der Waals surface area contributed by atoms with E-state index in [1.165, 1.54) is 6.07 Å². The van der Waals surface area contributed by atoms with Crippen LogP contribution in [0.1, 0.15) is 10.4 Å². The van der Waals surface area contributed by atoms with E-state index in [2.05, 4.69) is 4.74 Å². The van der Waals surface area contributed by atoms with Gasteiger partial charge >= 0.3 is 5.97 Å². The molecule has 0 aliphatic heterocycles. The number of ketones is 1. The molecule has 0 aromatic heterocycles. The summed E-state index contributed by atoms with van der Waals surface area (Å²) in [6.07, 6.45) is 0. The quantitative estimate of drug-likeness (QED) is 0.430. The highest BCUT2D eigenvalue weighted by Crippen LogP contribution is 2.14. The van der Waals surface area contributed by atoms with Crippen LogP contribution < -0.4 is 0 Å². The molecular weight excluding hydrogens is 211 g/mol. The maximum Gasteiger partial charge on any atom is 0.379 e. The number of hydrogen-bond donors (Lipinski definition) is 0. The smallest absolute Gasteiger partial charge is 0.379 e. The predicted molar refractivity (Wildman–Crippen MR) is 47.8 cm³/mol. The van der Waals surface area contributed by atoms with Gasteiger partial charge in [-0.2, -0.15) is 0 Å². The monoisotopic (exact) mass is 216 g/mol. The minimum Gasteiger partial charge on any atom is -0.463 e. The van der Waals surface area contributed by atoms with Gasteiger partial charge in [-0.05, 0) is 18.2 Å². The van der Waals surface area contributed by atoms with Crippen molar-refractivity contribution < 1.29 is 18.7 Å². The highest BCUT2D eigenvalue weighted by molar-refractivity contribution is 6.41. The zero-order valence-electron chi connectivity index (χ0n) is 7.21. The number of ether oxygens (including phenoxy) is 1. The van der Waals surface area contributed by atoms with Gasteiger partial charge in [0, 0.05) is 10.6 Å². The van der Waals surface area contributed by atoms with Gasteiger partial charge in [0.25, 0.3) is 5.78 Å². The van der Waals surface area contributed by atoms with Gasteiger partial charge in [-0.15, -0.1) is 0 Å². The van der Waals surface area contributed by atoms with E-state index in [1.54, 1.807) is 0 Å². The second-order valence-electron chi connectivity index (χ2n) is 2.48. The molecule has 1 aromatic rings. The Labute approximate surface area is 84.4 Å². The van der Waals surface area contributed by atoms with Gasteiger partial charge in [-0.25, -0.2) is 9.18 Å². The fourth-order valence-electron chi connectivity index (χ4n) is 0.895. The first-order chi connectivity index (χ1) is 6.54. The summed E-state index contributed by atoms with van der Waals surface area (Å²) < 4.78 is 17.0. The molecule has 0 heterocycles. The van der Waals surface area contributed by atoms with Gasteiger partial charge < -0.3 is 4.74 Å². The third-order valence-electron chi connectivity index (χ3n) is 1.50. The van der Waals surface area contributed by atoms with E-state index in [0.717, 1.165) is 19.2 Å². The minimum atomic E-state index is -1.05. The topological polar surface area (TPSA) is 43.4 Å². The predicted octanol–water partition coefficient (Wildman–Crippen LogP) is 1.83. The molecule has 0 aliphatic rings. The van der Waals surface area contributed by atoms with E-state index >= 15 is 0 Å². The van der Waals surface area contributed by atoms with Crippen molar-refractivity contribution in [2.45, 2.75) is 0 Å². The Morgan fingerprint density at radius 2 is 2.00 bits per heavy atom. The molecule has 1 rings (SSSR count). The number of methoxy groups -OCH3 is 1. The van der Waals surface area contributed by atoms with E-state index < -0.39 is 17.6 Å². The highest BCUT2D eigenvalue weighted by atomic mass is 35.5. The number of benzene rings is 1. The van der Waals surface area contributed by atoms with E-state index in [-0.39, 0.29) is 10.6 Å². The van der Waals surface area contributed by atoms with Crippen molar-refractivity contribution >= 4 is 23.4 Å². The van der Waals surface area contributed by atoms with Crippen molar-refractivity contribution in [1.82, 2.24) is 0 Å². The molecule has 0 fully saturated rings. The Kier molecular flexibility index (Phi) is 3.19. The van der Waals surface area contributed by atoms with E-state index in [0.29, 0.717) is 0 Å². The van der Waals surface area contributed by atoms with Crippen LogP contribution in [0.15, 0.2) is 18.2 Å². The van der Waals surface area contributed by atoms with Crippen LogP contribution in [0.4, 0.5) is 4.39 Å². The molecule has 0 N–H and O–H groups in total. The molecule has 0 unspecified atom stereocenters. The summed E-state index contributed by atoms with van der Waals surface area (Å²) in [5.74, 6) is -2.65. The van der Waals surface area contributed by atoms with E-state index in [1.807, 2.05) is 0 Å². The maximum atomic E-state index is 12.8. The largest absolute Gasteiger partial charge is 0.463 e. The van der Waals surface area contributed by atoms with Crippen molar-refractivity contribution in [2.75, 3.05) is 7.11 Å². The van der Waals surface area contributed by atoms with E-state index in [4.69, 9.17) is 11.6 Å². The number of hydrogen-bond acceptors (Lipinski definition) is 3. The summed E-state index contributed by atoms with van der Waals surface area (Å²) in [7, 11) is 1.07. The van der Waals surface area contributed by atoms with Crippen molar-refractivity contribution in [3.8, 4) is 0 Å². The molecule has 0 saturated heterocycles. The third-order valence-corrected chi connectivity index (χ3v) is 1.71. The lowest BCUT2D eigenvalue weighted by Gasteiger charge is -1.99. The Bertz CT molecular complexity index is 369. The maximum absolute atomic E-state index is 12.8. The molecule has 0 amide bonds. The van der Waals surface area contributed by atoms with Gasteiger partial charge in [0.1, 0.15) is 5.82 Å². The average Bonchev–Trinajstić information content (AvgIpc) is 2.14. The molecular formula is C9H6ClFO3. The first-order valence-corrected chi connectivity index (χ1v) is 4.01. The SMILES string of the molecule is COC(=O)C(=O)c1cc(F)cc(Cl)c1. The van der Waals surface area contributed by atoms with Crippen LogP contribution in [0.25, 0.3) is 0 Å². The van der Waals surface area contributed by atoms with E-state index in [9.17, 15) is 14.0 Å². The lowest BCUT2D eigenvalue weighted by molar-refractivity contribution is -0.135. The van der Waals surface area contributed by atoms with Gasteiger partial charge in [0.05, 0.1) is 7.11 Å². The summed E-state index contributed by atoms with van der Waals surface area (Å²) in [4.78, 5) is 22.0. The molecule has 5 heteroatoms. The van der Waals surface area contributed by atoms with Crippen molar-refractivity contribution in [3.63, 3.8) is 0 Å². The zero-order valence-corrected chi connectivity index (χ0v) is 7.97. The summed E-state index contributed by atoms with van der Waals surface area (Å²) in [5, 5.41) is 0.0530. The van der Waals surface area contributed by atoms with Gasteiger partial charge in [-0.3, -0.25) is 4.79 Å². The molecule has 0 spiro atoms. The van der Waals surface area contributed by atoms with Gasteiger partial charge in [0.2, 0.25) is 0 Å². The van der Waals surface area contributed by atoms with Crippen LogP contribution in [0.5, 0.6) is 0 Å². The molecule has 3 nitrogen and oxygen atoms in total. The first kappa shape index (κ1) is 10.7. The Morgan fingerprint density at radius 3 is 2.50 bits per heavy atom. The number of carbonyl (C=O) groups excluding carboxylic acids is 2. The van der Waals surface area contributed by atoms with Crippen molar-refractivity contribution in [3.05, 3.63) is 34.6 Å². The second-order valence-corrected chi connectivity index (χ2v) is 2.92. The van der Waals surface area contributed by atoms with Crippen LogP contribution in [0.3, 0.4) is 0 Å². The lowest BCUT2D eigenvalue weighted by atomic mass is 10.1. The fraction of sp³-hybridized carbons (Fsp3) is 0.111. The first-order valence-electron chi connectivity index (χ1n) is 3.63. The molecule has 14 heavy (non-hydrogen) atoms. The molecule has 0 bridgehead atoms. The molecule has 74 valence electrons. The van der Waals surface area contributed by atoms with Crippen LogP contribution >= 0.6 is 11.6 Å². The average molecular weight is 217 g/mol. The number of Topliss-reactive ketones (excluding diaryl/α,β-unsaturated/α-hetero) is 1. The van der Waals surface area contributed by atoms with Gasteiger partial charge in [-0.1, -0.05) is 11.6 Å². The van der Waals surface area contributed by atoms with Crippen LogP contribution in [-0.2, 0) is 9.53 Å². The molecule has 0 aliphatic carbocycles. The lowest BCUT2D eigenvalue weighted by Crippen LogP contribution is -2.15. The third kappa shape index (κ3) is 2.29. The number of rotatable bonds is 2. The molecule has 1 aromatic carbocycles. The van der Waals surface area contributed by atoms with Gasteiger partial charge in [0.15, 0.2) is 0 Å². The van der Waals surface area contributed by atoms with Crippen LogP contribution in [0.2, 0.25) is 5.02 Å². The summed E-state index contributed by atoms with van der Waals surface area (Å²) in [6.45, 7) is 0. The normalized spacial score (nSPS) is 9.64. The van der Waals surface area contributed by atoms with Crippen LogP contribution in [0, 0.1) is 5.82 Å². The summed E-state index contributed by atoms with van der Waals surface area (Å²) in [5.41, 5.74) is -0.123. The standard InChI is InChI=1S/C9H6ClFO3/c1-14-9(13)8(12)5-2-6(10)4-7(11)3-5/h2-4H,1H3. The second kappa shape index (κ2) is 4.19. The zero-order chi connectivity index (χ0) is 10.7. The van der Waals surface area contributed by atoms with Crippen molar-refractivity contribution in [2.24, 2.45) is 0 Å². The number of esters is 1. The molecule has 0 saturated carbocycles. The Hall–Kier alpha value is -1.42. The molecule has 0 atom stereocenters.